The van der Waals surface area contributed by atoms with E-state index in [9.17, 15) is 9.59 Å². The number of thiazole rings is 1. The van der Waals surface area contributed by atoms with Crippen molar-refractivity contribution < 1.29 is 14.3 Å². The van der Waals surface area contributed by atoms with E-state index >= 15 is 0 Å². The molecule has 1 aliphatic heterocycles. The largest absolute Gasteiger partial charge is 0.378 e. The number of ether oxygens (including phenoxy) is 1. The van der Waals surface area contributed by atoms with Crippen LogP contribution in [0.3, 0.4) is 0 Å². The van der Waals surface area contributed by atoms with Gasteiger partial charge in [0.1, 0.15) is 5.69 Å². The fraction of sp³-hybridized carbons (Fsp3) is 0.773. The third-order valence-electron chi connectivity index (χ3n) is 7.81. The Balaban J connectivity index is 1.44. The lowest BCUT2D eigenvalue weighted by Gasteiger charge is -2.53. The minimum Gasteiger partial charge on any atom is -0.378 e. The average molecular weight is 420 g/mol. The molecule has 1 unspecified atom stereocenters. The van der Waals surface area contributed by atoms with E-state index in [2.05, 4.69) is 29.5 Å². The molecule has 4 rings (SSSR count). The van der Waals surface area contributed by atoms with Crippen LogP contribution in [0.15, 0.2) is 10.9 Å². The Kier molecular flexibility index (Phi) is 5.49. The van der Waals surface area contributed by atoms with Gasteiger partial charge < -0.3 is 15.4 Å². The van der Waals surface area contributed by atoms with Gasteiger partial charge in [-0.15, -0.1) is 11.3 Å². The molecule has 1 aromatic heterocycles. The summed E-state index contributed by atoms with van der Waals surface area (Å²) in [7, 11) is 0. The molecular weight excluding hydrogens is 386 g/mol. The van der Waals surface area contributed by atoms with Gasteiger partial charge in [-0.3, -0.25) is 9.59 Å². The van der Waals surface area contributed by atoms with Crippen LogP contribution in [-0.2, 0) is 9.53 Å². The van der Waals surface area contributed by atoms with Gasteiger partial charge in [-0.2, -0.15) is 0 Å². The van der Waals surface area contributed by atoms with E-state index in [1.54, 1.807) is 10.9 Å². The summed E-state index contributed by atoms with van der Waals surface area (Å²) in [5.41, 5.74) is 2.39. The van der Waals surface area contributed by atoms with Gasteiger partial charge in [-0.05, 0) is 48.3 Å². The number of rotatable bonds is 6. The van der Waals surface area contributed by atoms with Crippen LogP contribution in [0.1, 0.15) is 63.9 Å². The maximum Gasteiger partial charge on any atom is 0.270 e. The van der Waals surface area contributed by atoms with Crippen LogP contribution in [0, 0.1) is 28.6 Å². The molecule has 2 bridgehead atoms. The van der Waals surface area contributed by atoms with Crippen molar-refractivity contribution in [1.29, 1.82) is 0 Å². The smallest absolute Gasteiger partial charge is 0.270 e. The molecule has 2 amide bonds. The second-order valence-corrected chi connectivity index (χ2v) is 10.7. The van der Waals surface area contributed by atoms with Crippen LogP contribution in [-0.4, -0.2) is 42.1 Å². The van der Waals surface area contributed by atoms with Gasteiger partial charge in [0, 0.05) is 30.5 Å². The van der Waals surface area contributed by atoms with Gasteiger partial charge in [0.25, 0.3) is 5.91 Å². The number of fused-ring (bicyclic) bond motifs is 1. The summed E-state index contributed by atoms with van der Waals surface area (Å²) in [6.45, 7) is 9.90. The normalized spacial score (nSPS) is 34.8. The number of amides is 2. The summed E-state index contributed by atoms with van der Waals surface area (Å²) >= 11 is 1.42. The second-order valence-electron chi connectivity index (χ2n) is 9.97. The first kappa shape index (κ1) is 20.8. The topological polar surface area (TPSA) is 80.3 Å². The van der Waals surface area contributed by atoms with E-state index < -0.39 is 0 Å². The monoisotopic (exact) mass is 419 g/mol. The van der Waals surface area contributed by atoms with E-state index in [4.69, 9.17) is 4.74 Å². The quantitative estimate of drug-likeness (QED) is 0.742. The lowest BCUT2D eigenvalue weighted by Crippen LogP contribution is -2.60. The maximum absolute atomic E-state index is 12.6. The van der Waals surface area contributed by atoms with Gasteiger partial charge in [0.2, 0.25) is 5.91 Å². The molecule has 0 radical (unpaired) electrons. The van der Waals surface area contributed by atoms with Crippen LogP contribution >= 0.6 is 11.3 Å². The number of aromatic nitrogens is 1. The molecule has 2 heterocycles. The number of nitrogens with one attached hydrogen (secondary N) is 2. The molecule has 1 aromatic rings. The van der Waals surface area contributed by atoms with Gasteiger partial charge >= 0.3 is 0 Å². The van der Waals surface area contributed by atoms with E-state index in [0.717, 1.165) is 25.9 Å². The number of carbonyl (C=O) groups excluding carboxylic acids is 2. The molecule has 1 spiro atoms. The second kappa shape index (κ2) is 7.65. The zero-order chi connectivity index (χ0) is 20.8. The standard InChI is InChI=1S/C22H33N3O3S/c1-13(2)18(26)25-20-21(3,4)14-9-15-17(28-8-6-22(15,20)10-14)5-7-23-19(27)16-11-29-12-24-16/h11-15,17,20H,5-10H2,1-4H3,(H,23,27)(H,25,26)/t14-,15-,17-,20+,22?/m1/s1. The summed E-state index contributed by atoms with van der Waals surface area (Å²) in [5.74, 6) is 1.09. The highest BCUT2D eigenvalue weighted by Gasteiger charge is 2.68. The predicted octanol–water partition coefficient (Wildman–Crippen LogP) is 3.25. The Labute approximate surface area is 177 Å². The molecule has 3 aliphatic rings. The summed E-state index contributed by atoms with van der Waals surface area (Å²) in [6.07, 6.45) is 4.30. The molecule has 2 aliphatic carbocycles. The zero-order valence-corrected chi connectivity index (χ0v) is 18.7. The Morgan fingerprint density at radius 2 is 2.17 bits per heavy atom. The van der Waals surface area contributed by atoms with Gasteiger partial charge in [-0.1, -0.05) is 27.7 Å². The zero-order valence-electron chi connectivity index (χ0n) is 17.9. The molecule has 5 atom stereocenters. The molecule has 2 N–H and O–H groups in total. The first-order chi connectivity index (χ1) is 13.8. The van der Waals surface area contributed by atoms with Crippen molar-refractivity contribution >= 4 is 23.2 Å². The van der Waals surface area contributed by atoms with Crippen molar-refractivity contribution in [2.24, 2.45) is 28.6 Å². The molecule has 6 nitrogen and oxygen atoms in total. The van der Waals surface area contributed by atoms with E-state index in [1.165, 1.54) is 17.8 Å². The van der Waals surface area contributed by atoms with Crippen LogP contribution in [0.4, 0.5) is 0 Å². The van der Waals surface area contributed by atoms with Crippen molar-refractivity contribution in [3.8, 4) is 0 Å². The summed E-state index contributed by atoms with van der Waals surface area (Å²) in [4.78, 5) is 28.8. The third-order valence-corrected chi connectivity index (χ3v) is 8.40. The van der Waals surface area contributed by atoms with Crippen LogP contribution < -0.4 is 10.6 Å². The van der Waals surface area contributed by atoms with Crippen LogP contribution in [0.25, 0.3) is 0 Å². The lowest BCUT2D eigenvalue weighted by atomic mass is 9.59. The highest BCUT2D eigenvalue weighted by molar-refractivity contribution is 7.07. The highest BCUT2D eigenvalue weighted by Crippen LogP contribution is 2.68. The fourth-order valence-electron chi connectivity index (χ4n) is 6.25. The van der Waals surface area contributed by atoms with Gasteiger partial charge in [0.15, 0.2) is 0 Å². The molecular formula is C22H33N3O3S. The van der Waals surface area contributed by atoms with Crippen molar-refractivity contribution in [2.45, 2.75) is 65.5 Å². The molecule has 0 aromatic carbocycles. The number of carbonyl (C=O) groups is 2. The highest BCUT2D eigenvalue weighted by atomic mass is 32.1. The predicted molar refractivity (Wildman–Crippen MR) is 113 cm³/mol. The summed E-state index contributed by atoms with van der Waals surface area (Å²) < 4.78 is 6.20. The average Bonchev–Trinajstić information content (AvgIpc) is 3.37. The molecule has 7 heteroatoms. The molecule has 3 fully saturated rings. The fourth-order valence-corrected chi connectivity index (χ4v) is 6.78. The van der Waals surface area contributed by atoms with E-state index in [-0.39, 0.29) is 40.7 Å². The lowest BCUT2D eigenvalue weighted by molar-refractivity contribution is -0.138. The van der Waals surface area contributed by atoms with Crippen molar-refractivity contribution in [1.82, 2.24) is 15.6 Å². The number of hydrogen-bond donors (Lipinski definition) is 2. The molecule has 160 valence electrons. The minimum absolute atomic E-state index is 0.00339. The van der Waals surface area contributed by atoms with E-state index in [0.29, 0.717) is 24.1 Å². The van der Waals surface area contributed by atoms with Crippen LogP contribution in [0.2, 0.25) is 0 Å². The first-order valence-corrected chi connectivity index (χ1v) is 11.8. The Bertz CT molecular complexity index is 763. The Morgan fingerprint density at radius 1 is 1.38 bits per heavy atom. The van der Waals surface area contributed by atoms with Crippen molar-refractivity contribution in [2.75, 3.05) is 13.2 Å². The Morgan fingerprint density at radius 3 is 2.86 bits per heavy atom. The minimum atomic E-state index is -0.118. The maximum atomic E-state index is 12.6. The number of hydrogen-bond acceptors (Lipinski definition) is 5. The third kappa shape index (κ3) is 3.50. The van der Waals surface area contributed by atoms with Crippen molar-refractivity contribution in [3.63, 3.8) is 0 Å². The molecule has 29 heavy (non-hydrogen) atoms. The number of nitrogens with zero attached hydrogens (tertiary/aromatic N) is 1. The van der Waals surface area contributed by atoms with Gasteiger partial charge in [0.05, 0.1) is 11.6 Å². The van der Waals surface area contributed by atoms with E-state index in [1.807, 2.05) is 13.8 Å². The van der Waals surface area contributed by atoms with Gasteiger partial charge in [-0.25, -0.2) is 4.98 Å². The van der Waals surface area contributed by atoms with Crippen molar-refractivity contribution in [3.05, 3.63) is 16.6 Å². The summed E-state index contributed by atoms with van der Waals surface area (Å²) in [5, 5.41) is 8.18. The summed E-state index contributed by atoms with van der Waals surface area (Å²) in [6, 6.07) is 0.199. The SMILES string of the molecule is CC(C)C(=O)N[C@H]1C(C)(C)[C@@H]2C[C@@H]3[C@@H](CCNC(=O)c4cscn4)OCCC31C2. The van der Waals surface area contributed by atoms with Crippen LogP contribution in [0.5, 0.6) is 0 Å². The molecule has 1 saturated heterocycles. The first-order valence-electron chi connectivity index (χ1n) is 10.8. The molecule has 2 saturated carbocycles. The Hall–Kier alpha value is -1.47.